The average Bonchev–Trinajstić information content (AvgIpc) is 2.96. The number of aryl methyl sites for hydroxylation is 1. The van der Waals surface area contributed by atoms with E-state index < -0.39 is 11.7 Å². The molecule has 5 nitrogen and oxygen atoms in total. The topological polar surface area (TPSA) is 70.7 Å². The van der Waals surface area contributed by atoms with Crippen molar-refractivity contribution < 1.29 is 9.18 Å². The van der Waals surface area contributed by atoms with Crippen LogP contribution in [0, 0.1) is 31.0 Å². The fraction of sp³-hybridized carbons (Fsp3) is 0.0952. The molecular weight excluding hydrogens is 343 g/mol. The van der Waals surface area contributed by atoms with Crippen LogP contribution in [0.5, 0.6) is 0 Å². The molecule has 0 fully saturated rings. The Balaban J connectivity index is 1.95. The fourth-order valence-electron chi connectivity index (χ4n) is 2.73. The molecule has 3 rings (SSSR count). The highest BCUT2D eigenvalue weighted by atomic mass is 19.1. The molecule has 1 amide bonds. The summed E-state index contributed by atoms with van der Waals surface area (Å²) in [5.74, 6) is -1.23. The molecule has 134 valence electrons. The van der Waals surface area contributed by atoms with E-state index in [1.165, 1.54) is 24.3 Å². The smallest absolute Gasteiger partial charge is 0.266 e. The van der Waals surface area contributed by atoms with E-state index in [0.717, 1.165) is 11.4 Å². The minimum atomic E-state index is -0.672. The summed E-state index contributed by atoms with van der Waals surface area (Å²) < 4.78 is 15.5. The van der Waals surface area contributed by atoms with Gasteiger partial charge in [0.2, 0.25) is 0 Å². The molecule has 1 N–H and O–H groups in total. The summed E-state index contributed by atoms with van der Waals surface area (Å²) in [4.78, 5) is 12.4. The van der Waals surface area contributed by atoms with Crippen LogP contribution < -0.4 is 5.32 Å². The van der Waals surface area contributed by atoms with Crippen molar-refractivity contribution in [1.29, 1.82) is 5.26 Å². The highest BCUT2D eigenvalue weighted by Crippen LogP contribution is 2.21. The van der Waals surface area contributed by atoms with Crippen molar-refractivity contribution in [2.24, 2.45) is 0 Å². The van der Waals surface area contributed by atoms with Crippen LogP contribution in [0.1, 0.15) is 17.0 Å². The van der Waals surface area contributed by atoms with Gasteiger partial charge in [0.05, 0.1) is 17.1 Å². The van der Waals surface area contributed by atoms with Crippen LogP contribution in [-0.4, -0.2) is 15.7 Å². The number of aromatic nitrogens is 2. The number of nitrogens with zero attached hydrogens (tertiary/aromatic N) is 3. The van der Waals surface area contributed by atoms with Gasteiger partial charge < -0.3 is 5.32 Å². The second kappa shape index (κ2) is 7.67. The Morgan fingerprint density at radius 3 is 2.48 bits per heavy atom. The molecule has 0 saturated carbocycles. The number of carbonyl (C=O) groups is 1. The van der Waals surface area contributed by atoms with E-state index in [4.69, 9.17) is 0 Å². The Bertz CT molecular complexity index is 1060. The van der Waals surface area contributed by atoms with Crippen LogP contribution in [0.3, 0.4) is 0 Å². The highest BCUT2D eigenvalue weighted by Gasteiger charge is 2.16. The molecule has 0 aliphatic rings. The van der Waals surface area contributed by atoms with Crippen LogP contribution in [0.2, 0.25) is 0 Å². The van der Waals surface area contributed by atoms with Crippen LogP contribution in [0.15, 0.2) is 60.2 Å². The van der Waals surface area contributed by atoms with E-state index in [9.17, 15) is 14.4 Å². The molecule has 0 spiro atoms. The van der Waals surface area contributed by atoms with Gasteiger partial charge in [-0.2, -0.15) is 10.4 Å². The third-order valence-electron chi connectivity index (χ3n) is 4.12. The lowest BCUT2D eigenvalue weighted by atomic mass is 10.1. The first-order valence-electron chi connectivity index (χ1n) is 8.30. The summed E-state index contributed by atoms with van der Waals surface area (Å²) in [7, 11) is 0. The van der Waals surface area contributed by atoms with Crippen LogP contribution in [0.25, 0.3) is 11.8 Å². The van der Waals surface area contributed by atoms with Gasteiger partial charge in [-0.15, -0.1) is 0 Å². The van der Waals surface area contributed by atoms with Crippen molar-refractivity contribution in [3.63, 3.8) is 0 Å². The number of rotatable bonds is 4. The quantitative estimate of drug-likeness (QED) is 0.561. The second-order valence-corrected chi connectivity index (χ2v) is 5.94. The summed E-state index contributed by atoms with van der Waals surface area (Å²) in [5, 5.41) is 16.3. The Labute approximate surface area is 156 Å². The molecule has 27 heavy (non-hydrogen) atoms. The minimum absolute atomic E-state index is 0.0251. The van der Waals surface area contributed by atoms with Crippen molar-refractivity contribution in [3.8, 4) is 11.8 Å². The van der Waals surface area contributed by atoms with E-state index in [2.05, 4.69) is 10.4 Å². The maximum absolute atomic E-state index is 13.7. The molecular formula is C21H17FN4O. The van der Waals surface area contributed by atoms with E-state index in [0.29, 0.717) is 11.3 Å². The number of hydrogen-bond acceptors (Lipinski definition) is 3. The molecule has 1 heterocycles. The van der Waals surface area contributed by atoms with E-state index in [1.54, 1.807) is 10.7 Å². The second-order valence-electron chi connectivity index (χ2n) is 5.94. The first-order chi connectivity index (χ1) is 13.0. The molecule has 0 saturated heterocycles. The van der Waals surface area contributed by atoms with Gasteiger partial charge in [0, 0.05) is 11.3 Å². The number of para-hydroxylation sites is 2. The first kappa shape index (κ1) is 18.1. The molecule has 0 aliphatic heterocycles. The fourth-order valence-corrected chi connectivity index (χ4v) is 2.73. The number of anilines is 1. The third kappa shape index (κ3) is 3.77. The van der Waals surface area contributed by atoms with Gasteiger partial charge in [-0.3, -0.25) is 4.79 Å². The predicted octanol–water partition coefficient (Wildman–Crippen LogP) is 4.17. The first-order valence-corrected chi connectivity index (χ1v) is 8.30. The number of nitriles is 1. The Hall–Kier alpha value is -3.72. The lowest BCUT2D eigenvalue weighted by Crippen LogP contribution is -2.14. The average molecular weight is 360 g/mol. The Kier molecular flexibility index (Phi) is 5.13. The maximum atomic E-state index is 13.7. The van der Waals surface area contributed by atoms with Gasteiger partial charge in [-0.05, 0) is 44.2 Å². The van der Waals surface area contributed by atoms with Gasteiger partial charge in [0.1, 0.15) is 17.5 Å². The Morgan fingerprint density at radius 2 is 1.81 bits per heavy atom. The zero-order valence-electron chi connectivity index (χ0n) is 14.9. The molecule has 3 aromatic rings. The zero-order chi connectivity index (χ0) is 19.4. The van der Waals surface area contributed by atoms with Gasteiger partial charge in [-0.25, -0.2) is 9.07 Å². The van der Waals surface area contributed by atoms with Crippen molar-refractivity contribution in [3.05, 3.63) is 82.9 Å². The zero-order valence-corrected chi connectivity index (χ0v) is 14.9. The van der Waals surface area contributed by atoms with Crippen molar-refractivity contribution >= 4 is 17.7 Å². The molecule has 6 heteroatoms. The lowest BCUT2D eigenvalue weighted by molar-refractivity contribution is -0.112. The van der Waals surface area contributed by atoms with E-state index in [-0.39, 0.29) is 11.3 Å². The Morgan fingerprint density at radius 1 is 1.15 bits per heavy atom. The minimum Gasteiger partial charge on any atom is -0.319 e. The molecule has 0 aliphatic carbocycles. The van der Waals surface area contributed by atoms with Crippen molar-refractivity contribution in [2.45, 2.75) is 13.8 Å². The molecule has 0 bridgehead atoms. The summed E-state index contributed by atoms with van der Waals surface area (Å²) >= 11 is 0. The summed E-state index contributed by atoms with van der Waals surface area (Å²) in [6, 6.07) is 17.3. The van der Waals surface area contributed by atoms with Gasteiger partial charge in [-0.1, -0.05) is 30.3 Å². The van der Waals surface area contributed by atoms with Gasteiger partial charge in [0.15, 0.2) is 0 Å². The van der Waals surface area contributed by atoms with Crippen LogP contribution in [0.4, 0.5) is 10.1 Å². The van der Waals surface area contributed by atoms with E-state index >= 15 is 0 Å². The molecule has 0 radical (unpaired) electrons. The molecule has 1 aromatic heterocycles. The number of nitrogens with one attached hydrogen (secondary N) is 1. The number of halogens is 1. The normalized spacial score (nSPS) is 11.1. The van der Waals surface area contributed by atoms with Gasteiger partial charge >= 0.3 is 0 Å². The number of carbonyl (C=O) groups excluding carboxylic acids is 1. The van der Waals surface area contributed by atoms with Crippen LogP contribution >= 0.6 is 0 Å². The predicted molar refractivity (Wildman–Crippen MR) is 102 cm³/mol. The number of benzene rings is 2. The van der Waals surface area contributed by atoms with Gasteiger partial charge in [0.25, 0.3) is 5.91 Å². The lowest BCUT2D eigenvalue weighted by Gasteiger charge is -2.06. The van der Waals surface area contributed by atoms with Crippen molar-refractivity contribution in [1.82, 2.24) is 9.78 Å². The molecule has 0 unspecified atom stereocenters. The standard InChI is InChI=1S/C21H17FN4O/c1-14-18(15(2)26(25-14)17-8-4-3-5-9-17)12-16(13-23)21(27)24-20-11-7-6-10-19(20)22/h3-12H,1-2H3,(H,24,27)/b16-12+. The van der Waals surface area contributed by atoms with E-state index in [1.807, 2.05) is 50.2 Å². The maximum Gasteiger partial charge on any atom is 0.266 e. The largest absolute Gasteiger partial charge is 0.319 e. The molecule has 2 aromatic carbocycles. The molecule has 0 atom stereocenters. The third-order valence-corrected chi connectivity index (χ3v) is 4.12. The summed E-state index contributed by atoms with van der Waals surface area (Å²) in [6.07, 6.45) is 1.48. The number of amides is 1. The van der Waals surface area contributed by atoms with Crippen molar-refractivity contribution in [2.75, 3.05) is 5.32 Å². The summed E-state index contributed by atoms with van der Waals surface area (Å²) in [5.41, 5.74) is 2.94. The van der Waals surface area contributed by atoms with Crippen LogP contribution in [-0.2, 0) is 4.79 Å². The summed E-state index contributed by atoms with van der Waals surface area (Å²) in [6.45, 7) is 3.67. The number of hydrogen-bond donors (Lipinski definition) is 1. The monoisotopic (exact) mass is 360 g/mol. The highest BCUT2D eigenvalue weighted by molar-refractivity contribution is 6.09. The SMILES string of the molecule is Cc1nn(-c2ccccc2)c(C)c1/C=C(\C#N)C(=O)Nc1ccccc1F.